The van der Waals surface area contributed by atoms with Crippen LogP contribution in [0.5, 0.6) is 0 Å². The molecule has 0 N–H and O–H groups in total. The molecule has 54 valence electrons. The summed E-state index contributed by atoms with van der Waals surface area (Å²) in [4.78, 5) is 2.33. The van der Waals surface area contributed by atoms with Gasteiger partial charge in [0.15, 0.2) is 0 Å². The molecule has 0 amide bonds. The summed E-state index contributed by atoms with van der Waals surface area (Å²) in [7, 11) is 0. The minimum absolute atomic E-state index is 0.253. The van der Waals surface area contributed by atoms with Crippen molar-refractivity contribution in [1.29, 1.82) is 5.26 Å². The molecule has 0 aromatic heterocycles. The molecule has 3 atom stereocenters. The highest BCUT2D eigenvalue weighted by molar-refractivity contribution is 5.22. The molecule has 0 spiro atoms. The molecule has 2 aliphatic heterocycles. The highest BCUT2D eigenvalue weighted by Crippen LogP contribution is 2.48. The Balaban J connectivity index is 2.16. The molecular formula is C8H12N2. The maximum Gasteiger partial charge on any atom is 0.114 e. The molecule has 0 radical (unpaired) electrons. The van der Waals surface area contributed by atoms with E-state index in [4.69, 9.17) is 5.26 Å². The molecule has 0 saturated carbocycles. The Kier molecular flexibility index (Phi) is 0.952. The summed E-state index contributed by atoms with van der Waals surface area (Å²) in [6.45, 7) is 4.45. The average Bonchev–Trinajstić information content (AvgIpc) is 2.50. The molecule has 2 heteroatoms. The molecule has 0 aliphatic carbocycles. The SMILES string of the molecule is CC1(C)CCC2C(C#N)N21. The van der Waals surface area contributed by atoms with E-state index in [2.05, 4.69) is 24.8 Å². The standard InChI is InChI=1S/C8H12N2/c1-8(2)4-3-6-7(5-9)10(6)8/h6-7H,3-4H2,1-2H3. The van der Waals surface area contributed by atoms with E-state index >= 15 is 0 Å². The second-order valence-corrected chi connectivity index (χ2v) is 3.90. The summed E-state index contributed by atoms with van der Waals surface area (Å²) < 4.78 is 0. The van der Waals surface area contributed by atoms with Crippen molar-refractivity contribution in [2.45, 2.75) is 44.3 Å². The molecule has 3 unspecified atom stereocenters. The van der Waals surface area contributed by atoms with Gasteiger partial charge in [0.05, 0.1) is 6.07 Å². The van der Waals surface area contributed by atoms with Gasteiger partial charge in [-0.15, -0.1) is 0 Å². The number of fused-ring (bicyclic) bond motifs is 1. The lowest BCUT2D eigenvalue weighted by Gasteiger charge is -2.21. The van der Waals surface area contributed by atoms with E-state index in [0.717, 1.165) is 0 Å². The van der Waals surface area contributed by atoms with Gasteiger partial charge in [-0.1, -0.05) is 0 Å². The van der Waals surface area contributed by atoms with Gasteiger partial charge in [0.1, 0.15) is 6.04 Å². The third kappa shape index (κ3) is 0.564. The van der Waals surface area contributed by atoms with E-state index in [-0.39, 0.29) is 6.04 Å². The summed E-state index contributed by atoms with van der Waals surface area (Å²) in [6, 6.07) is 3.19. The van der Waals surface area contributed by atoms with Crippen LogP contribution in [-0.2, 0) is 0 Å². The Morgan fingerprint density at radius 1 is 1.60 bits per heavy atom. The molecule has 2 saturated heterocycles. The van der Waals surface area contributed by atoms with Crippen LogP contribution in [-0.4, -0.2) is 22.5 Å². The van der Waals surface area contributed by atoms with Gasteiger partial charge >= 0.3 is 0 Å². The summed E-state index contributed by atoms with van der Waals surface area (Å²) in [5.41, 5.74) is 0.311. The van der Waals surface area contributed by atoms with Crippen molar-refractivity contribution in [3.05, 3.63) is 0 Å². The molecule has 2 rings (SSSR count). The Labute approximate surface area is 61.4 Å². The number of piperidine rings is 1. The highest BCUT2D eigenvalue weighted by atomic mass is 15.4. The maximum atomic E-state index is 8.65. The fourth-order valence-electron chi connectivity index (χ4n) is 2.18. The zero-order valence-corrected chi connectivity index (χ0v) is 6.46. The van der Waals surface area contributed by atoms with Gasteiger partial charge < -0.3 is 0 Å². The van der Waals surface area contributed by atoms with Gasteiger partial charge in [0, 0.05) is 11.6 Å². The minimum atomic E-state index is 0.253. The average molecular weight is 136 g/mol. The van der Waals surface area contributed by atoms with Crippen LogP contribution in [0.4, 0.5) is 0 Å². The first kappa shape index (κ1) is 6.18. The fraction of sp³-hybridized carbons (Fsp3) is 0.875. The Morgan fingerprint density at radius 2 is 2.30 bits per heavy atom. The Hall–Kier alpha value is -0.550. The van der Waals surface area contributed by atoms with Crippen molar-refractivity contribution in [2.24, 2.45) is 0 Å². The largest absolute Gasteiger partial charge is 0.276 e. The first-order valence-corrected chi connectivity index (χ1v) is 3.85. The van der Waals surface area contributed by atoms with Crippen molar-refractivity contribution < 1.29 is 0 Å². The van der Waals surface area contributed by atoms with Gasteiger partial charge in [-0.25, -0.2) is 0 Å². The van der Waals surface area contributed by atoms with Crippen molar-refractivity contribution in [2.75, 3.05) is 0 Å². The molecule has 2 heterocycles. The predicted octanol–water partition coefficient (Wildman–Crippen LogP) is 1.14. The molecule has 2 aliphatic rings. The van der Waals surface area contributed by atoms with Gasteiger partial charge in [0.2, 0.25) is 0 Å². The van der Waals surface area contributed by atoms with Crippen LogP contribution in [0.3, 0.4) is 0 Å². The van der Waals surface area contributed by atoms with Crippen molar-refractivity contribution in [1.82, 2.24) is 4.90 Å². The highest BCUT2D eigenvalue weighted by Gasteiger charge is 2.59. The summed E-state index contributed by atoms with van der Waals surface area (Å²) in [5.74, 6) is 0. The predicted molar refractivity (Wildman–Crippen MR) is 38.3 cm³/mol. The zero-order valence-electron chi connectivity index (χ0n) is 6.46. The van der Waals surface area contributed by atoms with Crippen molar-refractivity contribution >= 4 is 0 Å². The van der Waals surface area contributed by atoms with Crippen LogP contribution in [0.2, 0.25) is 0 Å². The zero-order chi connectivity index (χ0) is 7.35. The fourth-order valence-corrected chi connectivity index (χ4v) is 2.18. The molecular weight excluding hydrogens is 124 g/mol. The van der Waals surface area contributed by atoms with Crippen molar-refractivity contribution in [3.63, 3.8) is 0 Å². The Morgan fingerprint density at radius 3 is 2.60 bits per heavy atom. The minimum Gasteiger partial charge on any atom is -0.276 e. The van der Waals surface area contributed by atoms with Gasteiger partial charge in [-0.05, 0) is 26.7 Å². The van der Waals surface area contributed by atoms with Crippen LogP contribution in [0.25, 0.3) is 0 Å². The van der Waals surface area contributed by atoms with E-state index in [0.29, 0.717) is 11.6 Å². The second kappa shape index (κ2) is 1.54. The summed E-state index contributed by atoms with van der Waals surface area (Å²) in [6.07, 6.45) is 2.49. The quantitative estimate of drug-likeness (QED) is 0.467. The van der Waals surface area contributed by atoms with Gasteiger partial charge in [0.25, 0.3) is 0 Å². The number of hydrogen-bond donors (Lipinski definition) is 0. The lowest BCUT2D eigenvalue weighted by molar-refractivity contribution is 0.290. The van der Waals surface area contributed by atoms with E-state index < -0.39 is 0 Å². The monoisotopic (exact) mass is 136 g/mol. The second-order valence-electron chi connectivity index (χ2n) is 3.90. The van der Waals surface area contributed by atoms with E-state index in [9.17, 15) is 0 Å². The normalized spacial score (nSPS) is 47.9. The van der Waals surface area contributed by atoms with Crippen LogP contribution < -0.4 is 0 Å². The van der Waals surface area contributed by atoms with E-state index in [1.807, 2.05) is 0 Å². The first-order chi connectivity index (χ1) is 4.67. The van der Waals surface area contributed by atoms with Gasteiger partial charge in [-0.3, -0.25) is 4.90 Å². The first-order valence-electron chi connectivity index (χ1n) is 3.85. The number of hydrogen-bond acceptors (Lipinski definition) is 2. The topological polar surface area (TPSA) is 26.8 Å². The molecule has 10 heavy (non-hydrogen) atoms. The molecule has 2 fully saturated rings. The summed E-state index contributed by atoms with van der Waals surface area (Å²) in [5, 5.41) is 8.65. The van der Waals surface area contributed by atoms with Crippen molar-refractivity contribution in [3.8, 4) is 6.07 Å². The lowest BCUT2D eigenvalue weighted by Crippen LogP contribution is -2.28. The van der Waals surface area contributed by atoms with Crippen LogP contribution in [0.15, 0.2) is 0 Å². The molecule has 2 nitrogen and oxygen atoms in total. The van der Waals surface area contributed by atoms with Crippen LogP contribution >= 0.6 is 0 Å². The van der Waals surface area contributed by atoms with Crippen LogP contribution in [0.1, 0.15) is 26.7 Å². The summed E-state index contributed by atoms with van der Waals surface area (Å²) >= 11 is 0. The van der Waals surface area contributed by atoms with Crippen LogP contribution in [0, 0.1) is 11.3 Å². The smallest absolute Gasteiger partial charge is 0.114 e. The van der Waals surface area contributed by atoms with E-state index in [1.54, 1.807) is 0 Å². The maximum absolute atomic E-state index is 8.65. The lowest BCUT2D eigenvalue weighted by atomic mass is 9.99. The third-order valence-electron chi connectivity index (χ3n) is 2.81. The molecule has 0 aromatic carbocycles. The number of nitriles is 1. The Bertz CT molecular complexity index is 202. The third-order valence-corrected chi connectivity index (χ3v) is 2.81. The number of rotatable bonds is 0. The van der Waals surface area contributed by atoms with E-state index in [1.165, 1.54) is 12.8 Å². The number of nitrogens with zero attached hydrogens (tertiary/aromatic N) is 2. The molecule has 0 bridgehead atoms. The van der Waals surface area contributed by atoms with Gasteiger partial charge in [-0.2, -0.15) is 5.26 Å². The molecule has 0 aromatic rings.